The van der Waals surface area contributed by atoms with Gasteiger partial charge in [-0.25, -0.2) is 0 Å². The fraction of sp³-hybridized carbons (Fsp3) is 0.192. The third kappa shape index (κ3) is 4.88. The van der Waals surface area contributed by atoms with E-state index in [1.165, 1.54) is 0 Å². The van der Waals surface area contributed by atoms with Gasteiger partial charge in [0.2, 0.25) is 0 Å². The van der Waals surface area contributed by atoms with E-state index in [-0.39, 0.29) is 12.5 Å². The van der Waals surface area contributed by atoms with Gasteiger partial charge < -0.3 is 9.64 Å². The Balaban J connectivity index is 1.69. The monoisotopic (exact) mass is 529 g/mol. The van der Waals surface area contributed by atoms with Crippen molar-refractivity contribution < 1.29 is 9.53 Å². The fourth-order valence-electron chi connectivity index (χ4n) is 3.71. The van der Waals surface area contributed by atoms with Crippen molar-refractivity contribution in [1.29, 1.82) is 0 Å². The lowest BCUT2D eigenvalue weighted by Gasteiger charge is -2.19. The van der Waals surface area contributed by atoms with Crippen LogP contribution < -0.4 is 9.64 Å². The van der Waals surface area contributed by atoms with Crippen LogP contribution in [0.4, 0.5) is 5.69 Å². The fourth-order valence-corrected chi connectivity index (χ4v) is 4.55. The summed E-state index contributed by atoms with van der Waals surface area (Å²) >= 11 is 15.8. The largest absolute Gasteiger partial charge is 0.488 e. The molecule has 0 bridgehead atoms. The summed E-state index contributed by atoms with van der Waals surface area (Å²) in [6.07, 6.45) is 1.91. The Labute approximate surface area is 206 Å². The van der Waals surface area contributed by atoms with Crippen molar-refractivity contribution in [2.75, 3.05) is 11.4 Å². The van der Waals surface area contributed by atoms with E-state index in [4.69, 9.17) is 27.9 Å². The SMILES string of the molecule is CC(C)CN1C(=O)/C(=C\c2cc(Br)ccc2OCc2ccc(Cl)cc2Cl)c2ccccc21. The van der Waals surface area contributed by atoms with Gasteiger partial charge in [-0.2, -0.15) is 0 Å². The predicted molar refractivity (Wildman–Crippen MR) is 136 cm³/mol. The molecular weight excluding hydrogens is 509 g/mol. The van der Waals surface area contributed by atoms with Crippen LogP contribution >= 0.6 is 39.1 Å². The third-order valence-corrected chi connectivity index (χ3v) is 6.26. The molecule has 1 aliphatic heterocycles. The van der Waals surface area contributed by atoms with Gasteiger partial charge in [-0.3, -0.25) is 4.79 Å². The molecule has 0 aliphatic carbocycles. The van der Waals surface area contributed by atoms with Crippen molar-refractivity contribution in [3.05, 3.63) is 91.9 Å². The Bertz CT molecular complexity index is 1210. The molecule has 0 unspecified atom stereocenters. The number of fused-ring (bicyclic) bond motifs is 1. The van der Waals surface area contributed by atoms with Crippen molar-refractivity contribution in [3.8, 4) is 5.75 Å². The number of amides is 1. The molecule has 6 heteroatoms. The summed E-state index contributed by atoms with van der Waals surface area (Å²) < 4.78 is 7.01. The number of carbonyl (C=O) groups is 1. The molecule has 1 amide bonds. The summed E-state index contributed by atoms with van der Waals surface area (Å²) in [5, 5.41) is 1.14. The normalized spacial score (nSPS) is 14.4. The highest BCUT2D eigenvalue weighted by Crippen LogP contribution is 2.39. The summed E-state index contributed by atoms with van der Waals surface area (Å²) in [6, 6.07) is 19.0. The Morgan fingerprint density at radius 2 is 1.84 bits per heavy atom. The van der Waals surface area contributed by atoms with Crippen molar-refractivity contribution >= 4 is 62.4 Å². The summed E-state index contributed by atoms with van der Waals surface area (Å²) in [6.45, 7) is 5.18. The predicted octanol–water partition coefficient (Wildman–Crippen LogP) is 7.88. The zero-order chi connectivity index (χ0) is 22.8. The average Bonchev–Trinajstić information content (AvgIpc) is 3.00. The zero-order valence-electron chi connectivity index (χ0n) is 17.7. The van der Waals surface area contributed by atoms with Crippen LogP contribution in [0.25, 0.3) is 11.6 Å². The lowest BCUT2D eigenvalue weighted by atomic mass is 10.0. The Morgan fingerprint density at radius 3 is 2.59 bits per heavy atom. The lowest BCUT2D eigenvalue weighted by molar-refractivity contribution is -0.113. The first-order valence-electron chi connectivity index (χ1n) is 10.3. The molecule has 0 atom stereocenters. The first-order valence-corrected chi connectivity index (χ1v) is 11.9. The molecule has 0 radical (unpaired) electrons. The topological polar surface area (TPSA) is 29.5 Å². The van der Waals surface area contributed by atoms with E-state index in [1.807, 2.05) is 59.5 Å². The van der Waals surface area contributed by atoms with E-state index in [1.54, 1.807) is 12.1 Å². The van der Waals surface area contributed by atoms with Crippen molar-refractivity contribution in [1.82, 2.24) is 0 Å². The number of anilines is 1. The molecule has 32 heavy (non-hydrogen) atoms. The molecule has 4 rings (SSSR count). The summed E-state index contributed by atoms with van der Waals surface area (Å²) in [5.74, 6) is 1.03. The first kappa shape index (κ1) is 22.9. The van der Waals surface area contributed by atoms with E-state index in [2.05, 4.69) is 29.8 Å². The van der Waals surface area contributed by atoms with Crippen LogP contribution in [0.2, 0.25) is 10.0 Å². The second-order valence-corrected chi connectivity index (χ2v) is 9.85. The number of ether oxygens (including phenoxy) is 1. The molecule has 0 aromatic heterocycles. The maximum absolute atomic E-state index is 13.3. The van der Waals surface area contributed by atoms with Crippen LogP contribution in [-0.2, 0) is 11.4 Å². The number of hydrogen-bond donors (Lipinski definition) is 0. The van der Waals surface area contributed by atoms with E-state index in [0.29, 0.717) is 33.8 Å². The molecule has 0 N–H and O–H groups in total. The molecule has 164 valence electrons. The highest BCUT2D eigenvalue weighted by atomic mass is 79.9. The average molecular weight is 531 g/mol. The quantitative estimate of drug-likeness (QED) is 0.303. The number of carbonyl (C=O) groups excluding carboxylic acids is 1. The van der Waals surface area contributed by atoms with Crippen LogP contribution in [0.1, 0.15) is 30.5 Å². The van der Waals surface area contributed by atoms with E-state index < -0.39 is 0 Å². The third-order valence-electron chi connectivity index (χ3n) is 5.18. The van der Waals surface area contributed by atoms with Crippen LogP contribution in [0.15, 0.2) is 65.1 Å². The van der Waals surface area contributed by atoms with Crippen molar-refractivity contribution in [3.63, 3.8) is 0 Å². The van der Waals surface area contributed by atoms with Gasteiger partial charge in [0.1, 0.15) is 12.4 Å². The van der Waals surface area contributed by atoms with Crippen molar-refractivity contribution in [2.45, 2.75) is 20.5 Å². The molecular formula is C26H22BrCl2NO2. The smallest absolute Gasteiger partial charge is 0.259 e. The second-order valence-electron chi connectivity index (χ2n) is 8.09. The van der Waals surface area contributed by atoms with Crippen LogP contribution in [0, 0.1) is 5.92 Å². The second kappa shape index (κ2) is 9.70. The molecule has 0 spiro atoms. The van der Waals surface area contributed by atoms with E-state index >= 15 is 0 Å². The number of para-hydroxylation sites is 1. The Hall–Kier alpha value is -2.27. The van der Waals surface area contributed by atoms with Gasteiger partial charge in [-0.1, -0.05) is 77.2 Å². The minimum Gasteiger partial charge on any atom is -0.488 e. The van der Waals surface area contributed by atoms with Crippen LogP contribution in [0.5, 0.6) is 5.75 Å². The molecule has 3 aromatic rings. The number of hydrogen-bond acceptors (Lipinski definition) is 2. The minimum atomic E-state index is 0.00608. The molecule has 0 saturated carbocycles. The molecule has 0 fully saturated rings. The van der Waals surface area contributed by atoms with Gasteiger partial charge in [0, 0.05) is 43.3 Å². The Kier molecular flexibility index (Phi) is 6.94. The van der Waals surface area contributed by atoms with Gasteiger partial charge in [-0.05, 0) is 48.4 Å². The van der Waals surface area contributed by atoms with Gasteiger partial charge >= 0.3 is 0 Å². The van der Waals surface area contributed by atoms with Gasteiger partial charge in [0.25, 0.3) is 5.91 Å². The van der Waals surface area contributed by atoms with Crippen LogP contribution in [-0.4, -0.2) is 12.5 Å². The van der Waals surface area contributed by atoms with Crippen LogP contribution in [0.3, 0.4) is 0 Å². The first-order chi connectivity index (χ1) is 15.3. The van der Waals surface area contributed by atoms with Gasteiger partial charge in [0.05, 0.1) is 5.69 Å². The molecule has 1 aliphatic rings. The highest BCUT2D eigenvalue weighted by molar-refractivity contribution is 9.10. The van der Waals surface area contributed by atoms with E-state index in [0.717, 1.165) is 26.9 Å². The summed E-state index contributed by atoms with van der Waals surface area (Å²) in [5.41, 5.74) is 4.19. The Morgan fingerprint density at radius 1 is 1.06 bits per heavy atom. The highest BCUT2D eigenvalue weighted by Gasteiger charge is 2.32. The number of nitrogens with zero attached hydrogens (tertiary/aromatic N) is 1. The molecule has 1 heterocycles. The number of rotatable bonds is 6. The summed E-state index contributed by atoms with van der Waals surface area (Å²) in [7, 11) is 0. The zero-order valence-corrected chi connectivity index (χ0v) is 20.8. The summed E-state index contributed by atoms with van der Waals surface area (Å²) in [4.78, 5) is 15.2. The van der Waals surface area contributed by atoms with Crippen molar-refractivity contribution in [2.24, 2.45) is 5.92 Å². The molecule has 3 aromatic carbocycles. The van der Waals surface area contributed by atoms with Gasteiger partial charge in [-0.15, -0.1) is 0 Å². The van der Waals surface area contributed by atoms with E-state index in [9.17, 15) is 4.79 Å². The molecule has 3 nitrogen and oxygen atoms in total. The maximum Gasteiger partial charge on any atom is 0.259 e. The standard InChI is InChI=1S/C26H22BrCl2NO2/c1-16(2)14-30-24-6-4-3-5-21(24)22(26(30)31)12-18-11-19(27)8-10-25(18)32-15-17-7-9-20(28)13-23(17)29/h3-13,16H,14-15H2,1-2H3/b22-12-. The number of benzene rings is 3. The van der Waals surface area contributed by atoms with Gasteiger partial charge in [0.15, 0.2) is 0 Å². The minimum absolute atomic E-state index is 0.00608. The maximum atomic E-state index is 13.3. The lowest BCUT2D eigenvalue weighted by Crippen LogP contribution is -2.30. The number of halogens is 3. The molecule has 0 saturated heterocycles.